The summed E-state index contributed by atoms with van der Waals surface area (Å²) in [7, 11) is 0. The van der Waals surface area contributed by atoms with Gasteiger partial charge in [-0.05, 0) is 31.9 Å². The maximum atomic E-state index is 6.05. The molecule has 0 aliphatic heterocycles. The van der Waals surface area contributed by atoms with Crippen molar-refractivity contribution in [2.75, 3.05) is 6.61 Å². The van der Waals surface area contributed by atoms with Gasteiger partial charge in [0.05, 0.1) is 11.6 Å². The third-order valence-electron chi connectivity index (χ3n) is 3.86. The first kappa shape index (κ1) is 13.5. The molecule has 1 aliphatic rings. The topological polar surface area (TPSA) is 60.2 Å². The van der Waals surface area contributed by atoms with E-state index in [0.29, 0.717) is 0 Å². The number of nitrogens with two attached hydrogens (primary N) is 1. The lowest BCUT2D eigenvalue weighted by atomic mass is 9.89. The molecule has 1 fully saturated rings. The zero-order valence-electron chi connectivity index (χ0n) is 11.1. The number of hydrazine groups is 1. The molecule has 3 N–H and O–H groups in total. The zero-order valence-corrected chi connectivity index (χ0v) is 11.1. The first-order valence-corrected chi connectivity index (χ1v) is 6.81. The fourth-order valence-electron chi connectivity index (χ4n) is 2.98. The number of aromatic nitrogens is 1. The number of hydrogen-bond acceptors (Lipinski definition) is 4. The van der Waals surface area contributed by atoms with Crippen LogP contribution in [0, 0.1) is 0 Å². The number of nitrogens with one attached hydrogen (secondary N) is 1. The molecule has 1 aliphatic carbocycles. The van der Waals surface area contributed by atoms with Gasteiger partial charge in [-0.1, -0.05) is 18.9 Å². The Bertz CT molecular complexity index is 349. The smallest absolute Gasteiger partial charge is 0.0851 e. The fraction of sp³-hybridized carbons (Fsp3) is 0.643. The van der Waals surface area contributed by atoms with Gasteiger partial charge in [-0.25, -0.2) is 0 Å². The quantitative estimate of drug-likeness (QED) is 0.596. The first-order chi connectivity index (χ1) is 8.80. The van der Waals surface area contributed by atoms with Gasteiger partial charge >= 0.3 is 0 Å². The minimum atomic E-state index is -0.110. The maximum absolute atomic E-state index is 6.05. The van der Waals surface area contributed by atoms with Crippen LogP contribution < -0.4 is 11.3 Å². The summed E-state index contributed by atoms with van der Waals surface area (Å²) < 4.78 is 6.05. The van der Waals surface area contributed by atoms with Crippen LogP contribution in [0.5, 0.6) is 0 Å². The lowest BCUT2D eigenvalue weighted by Crippen LogP contribution is -2.54. The molecule has 0 saturated heterocycles. The molecular formula is C14H23N3O. The maximum Gasteiger partial charge on any atom is 0.0851 e. The van der Waals surface area contributed by atoms with Crippen LogP contribution in [0.4, 0.5) is 0 Å². The van der Waals surface area contributed by atoms with Crippen molar-refractivity contribution in [2.45, 2.75) is 50.7 Å². The molecule has 1 aromatic rings. The summed E-state index contributed by atoms with van der Waals surface area (Å²) in [6, 6.07) is 6.12. The number of ether oxygens (including phenoxy) is 1. The van der Waals surface area contributed by atoms with Crippen LogP contribution >= 0.6 is 0 Å². The molecule has 4 heteroatoms. The van der Waals surface area contributed by atoms with E-state index in [-0.39, 0.29) is 11.6 Å². The molecule has 0 radical (unpaired) electrons. The zero-order chi connectivity index (χ0) is 12.8. The Morgan fingerprint density at radius 1 is 1.44 bits per heavy atom. The third-order valence-corrected chi connectivity index (χ3v) is 3.86. The average molecular weight is 249 g/mol. The van der Waals surface area contributed by atoms with Crippen LogP contribution in [0.25, 0.3) is 0 Å². The highest BCUT2D eigenvalue weighted by atomic mass is 16.5. The minimum Gasteiger partial charge on any atom is -0.374 e. The van der Waals surface area contributed by atoms with Crippen molar-refractivity contribution in [1.29, 1.82) is 0 Å². The standard InChI is InChI=1S/C14H23N3O/c1-2-18-14(8-4-5-9-14)13(17-15)11-12-7-3-6-10-16-12/h3,6-7,10,13,17H,2,4-5,8-9,11,15H2,1H3. The number of hydrogen-bond donors (Lipinski definition) is 2. The molecular weight excluding hydrogens is 226 g/mol. The summed E-state index contributed by atoms with van der Waals surface area (Å²) in [4.78, 5) is 4.38. The van der Waals surface area contributed by atoms with Crippen molar-refractivity contribution in [2.24, 2.45) is 5.84 Å². The lowest BCUT2D eigenvalue weighted by molar-refractivity contribution is -0.0615. The molecule has 1 heterocycles. The molecule has 100 valence electrons. The Hall–Kier alpha value is -0.970. The Morgan fingerprint density at radius 2 is 2.22 bits per heavy atom. The normalized spacial score (nSPS) is 19.9. The molecule has 0 spiro atoms. The Balaban J connectivity index is 2.11. The van der Waals surface area contributed by atoms with Crippen molar-refractivity contribution < 1.29 is 4.74 Å². The Kier molecular flexibility index (Phi) is 4.69. The van der Waals surface area contributed by atoms with Gasteiger partial charge < -0.3 is 4.74 Å². The van der Waals surface area contributed by atoms with E-state index in [1.165, 1.54) is 12.8 Å². The Labute approximate surface area is 109 Å². The molecule has 1 atom stereocenters. The fourth-order valence-corrected chi connectivity index (χ4v) is 2.98. The summed E-state index contributed by atoms with van der Waals surface area (Å²) in [6.07, 6.45) is 7.26. The van der Waals surface area contributed by atoms with Gasteiger partial charge in [-0.15, -0.1) is 0 Å². The molecule has 0 bridgehead atoms. The van der Waals surface area contributed by atoms with E-state index in [0.717, 1.165) is 31.6 Å². The lowest BCUT2D eigenvalue weighted by Gasteiger charge is -2.37. The predicted octanol–water partition coefficient (Wildman–Crippen LogP) is 1.81. The van der Waals surface area contributed by atoms with E-state index < -0.39 is 0 Å². The predicted molar refractivity (Wildman–Crippen MR) is 71.9 cm³/mol. The van der Waals surface area contributed by atoms with Gasteiger partial charge in [0, 0.05) is 24.9 Å². The summed E-state index contributed by atoms with van der Waals surface area (Å²) in [5, 5.41) is 0. The third kappa shape index (κ3) is 2.88. The van der Waals surface area contributed by atoms with Crippen LogP contribution in [-0.2, 0) is 11.2 Å². The van der Waals surface area contributed by atoms with Crippen molar-refractivity contribution in [3.8, 4) is 0 Å². The highest BCUT2D eigenvalue weighted by Gasteiger charge is 2.41. The number of pyridine rings is 1. The van der Waals surface area contributed by atoms with Gasteiger partial charge in [0.15, 0.2) is 0 Å². The van der Waals surface area contributed by atoms with Crippen molar-refractivity contribution in [3.05, 3.63) is 30.1 Å². The summed E-state index contributed by atoms with van der Waals surface area (Å²) >= 11 is 0. The van der Waals surface area contributed by atoms with E-state index in [2.05, 4.69) is 17.3 Å². The highest BCUT2D eigenvalue weighted by Crippen LogP contribution is 2.37. The van der Waals surface area contributed by atoms with Gasteiger partial charge in [0.1, 0.15) is 0 Å². The molecule has 2 rings (SSSR count). The van der Waals surface area contributed by atoms with Crippen molar-refractivity contribution >= 4 is 0 Å². The number of rotatable bonds is 6. The first-order valence-electron chi connectivity index (χ1n) is 6.81. The second-order valence-corrected chi connectivity index (χ2v) is 4.95. The molecule has 0 amide bonds. The highest BCUT2D eigenvalue weighted by molar-refractivity contribution is 5.09. The molecule has 18 heavy (non-hydrogen) atoms. The van der Waals surface area contributed by atoms with Crippen LogP contribution in [0.1, 0.15) is 38.3 Å². The monoisotopic (exact) mass is 249 g/mol. The molecule has 1 aromatic heterocycles. The van der Waals surface area contributed by atoms with Crippen LogP contribution in [0.2, 0.25) is 0 Å². The van der Waals surface area contributed by atoms with Crippen molar-refractivity contribution in [3.63, 3.8) is 0 Å². The summed E-state index contributed by atoms with van der Waals surface area (Å²) in [5.74, 6) is 5.76. The Morgan fingerprint density at radius 3 is 2.78 bits per heavy atom. The largest absolute Gasteiger partial charge is 0.374 e. The van der Waals surface area contributed by atoms with Crippen LogP contribution in [0.3, 0.4) is 0 Å². The second-order valence-electron chi connectivity index (χ2n) is 4.95. The molecule has 1 saturated carbocycles. The molecule has 4 nitrogen and oxygen atoms in total. The van der Waals surface area contributed by atoms with Crippen LogP contribution in [-0.4, -0.2) is 23.2 Å². The van der Waals surface area contributed by atoms with E-state index >= 15 is 0 Å². The van der Waals surface area contributed by atoms with E-state index in [4.69, 9.17) is 10.6 Å². The van der Waals surface area contributed by atoms with Crippen LogP contribution in [0.15, 0.2) is 24.4 Å². The number of nitrogens with zero attached hydrogens (tertiary/aromatic N) is 1. The summed E-state index contributed by atoms with van der Waals surface area (Å²) in [6.45, 7) is 2.79. The average Bonchev–Trinajstić information content (AvgIpc) is 2.87. The van der Waals surface area contributed by atoms with Gasteiger partial charge in [0.2, 0.25) is 0 Å². The van der Waals surface area contributed by atoms with Gasteiger partial charge in [0.25, 0.3) is 0 Å². The van der Waals surface area contributed by atoms with E-state index in [1.807, 2.05) is 24.4 Å². The second kappa shape index (κ2) is 6.27. The minimum absolute atomic E-state index is 0.110. The van der Waals surface area contributed by atoms with E-state index in [1.54, 1.807) is 0 Å². The van der Waals surface area contributed by atoms with Gasteiger partial charge in [-0.3, -0.25) is 16.3 Å². The van der Waals surface area contributed by atoms with Gasteiger partial charge in [-0.2, -0.15) is 0 Å². The molecule has 0 aromatic carbocycles. The molecule has 1 unspecified atom stereocenters. The van der Waals surface area contributed by atoms with Crippen molar-refractivity contribution in [1.82, 2.24) is 10.4 Å². The SMILES string of the molecule is CCOC1(C(Cc2ccccn2)NN)CCCC1. The summed E-state index contributed by atoms with van der Waals surface area (Å²) in [5.41, 5.74) is 3.90. The van der Waals surface area contributed by atoms with E-state index in [9.17, 15) is 0 Å².